The first kappa shape index (κ1) is 27.3. The van der Waals surface area contributed by atoms with Gasteiger partial charge in [-0.1, -0.05) is 12.1 Å². The van der Waals surface area contributed by atoms with Crippen molar-refractivity contribution in [1.29, 1.82) is 0 Å². The fraction of sp³-hybridized carbons (Fsp3) is 0.448. The van der Waals surface area contributed by atoms with Gasteiger partial charge in [-0.15, -0.1) is 0 Å². The molecule has 11 heteroatoms. The van der Waals surface area contributed by atoms with Crippen molar-refractivity contribution in [2.75, 3.05) is 39.9 Å². The van der Waals surface area contributed by atoms with Gasteiger partial charge in [0.25, 0.3) is 11.8 Å². The lowest BCUT2D eigenvalue weighted by Gasteiger charge is -2.27. The molecule has 0 radical (unpaired) electrons. The Bertz CT molecular complexity index is 1270. The molecule has 2 N–H and O–H groups in total. The molecule has 4 heterocycles. The van der Waals surface area contributed by atoms with Crippen LogP contribution in [0, 0.1) is 0 Å². The predicted octanol–water partition coefficient (Wildman–Crippen LogP) is 1.49. The van der Waals surface area contributed by atoms with Gasteiger partial charge in [-0.2, -0.15) is 0 Å². The fourth-order valence-electron chi connectivity index (χ4n) is 5.16. The highest BCUT2D eigenvalue weighted by Gasteiger charge is 2.38. The highest BCUT2D eigenvalue weighted by molar-refractivity contribution is 5.95. The van der Waals surface area contributed by atoms with E-state index in [1.807, 2.05) is 12.1 Å². The molecular weight excluding hydrogens is 516 g/mol. The summed E-state index contributed by atoms with van der Waals surface area (Å²) < 4.78 is 17.3. The Morgan fingerprint density at radius 3 is 2.67 bits per heavy atom. The van der Waals surface area contributed by atoms with Gasteiger partial charge in [-0.3, -0.25) is 19.2 Å². The topological polar surface area (TPSA) is 127 Å². The largest absolute Gasteiger partial charge is 0.493 e. The summed E-state index contributed by atoms with van der Waals surface area (Å²) in [6.45, 7) is 1.72. The Balaban J connectivity index is 1.35. The number of likely N-dealkylation sites (tertiary alicyclic amines) is 2. The van der Waals surface area contributed by atoms with Crippen molar-refractivity contribution >= 4 is 23.6 Å². The monoisotopic (exact) mass is 550 g/mol. The minimum absolute atomic E-state index is 0.0860. The molecule has 2 fully saturated rings. The van der Waals surface area contributed by atoms with Crippen LogP contribution in [-0.4, -0.2) is 85.5 Å². The zero-order valence-electron chi connectivity index (χ0n) is 22.5. The van der Waals surface area contributed by atoms with E-state index in [-0.39, 0.29) is 49.0 Å². The summed E-state index contributed by atoms with van der Waals surface area (Å²) >= 11 is 0. The lowest BCUT2D eigenvalue weighted by Crippen LogP contribution is -2.45. The quantitative estimate of drug-likeness (QED) is 0.591. The van der Waals surface area contributed by atoms with Gasteiger partial charge in [-0.25, -0.2) is 0 Å². The van der Waals surface area contributed by atoms with E-state index in [9.17, 15) is 19.2 Å². The van der Waals surface area contributed by atoms with Crippen LogP contribution in [0.4, 0.5) is 0 Å². The van der Waals surface area contributed by atoms with Crippen LogP contribution in [0.2, 0.25) is 0 Å². The average molecular weight is 551 g/mol. The third-order valence-electron chi connectivity index (χ3n) is 7.44. The summed E-state index contributed by atoms with van der Waals surface area (Å²) in [5.74, 6) is 0.570. The minimum Gasteiger partial charge on any atom is -0.493 e. The lowest BCUT2D eigenvalue weighted by atomic mass is 10.1. The average Bonchev–Trinajstić information content (AvgIpc) is 3.36. The Kier molecular flexibility index (Phi) is 8.37. The van der Waals surface area contributed by atoms with E-state index in [1.54, 1.807) is 34.1 Å². The van der Waals surface area contributed by atoms with Crippen molar-refractivity contribution in [3.05, 3.63) is 53.6 Å². The summed E-state index contributed by atoms with van der Waals surface area (Å²) in [4.78, 5) is 54.4. The van der Waals surface area contributed by atoms with Crippen LogP contribution in [0.25, 0.3) is 0 Å². The molecule has 4 aliphatic rings. The van der Waals surface area contributed by atoms with Crippen molar-refractivity contribution in [2.45, 2.75) is 44.4 Å². The Labute approximate surface area is 232 Å². The maximum absolute atomic E-state index is 13.3. The summed E-state index contributed by atoms with van der Waals surface area (Å²) in [5, 5.41) is 5.83. The number of ether oxygens (including phenoxy) is 3. The molecule has 4 bridgehead atoms. The smallest absolute Gasteiger partial charge is 0.258 e. The van der Waals surface area contributed by atoms with Crippen LogP contribution in [-0.2, 0) is 20.9 Å². The third-order valence-corrected chi connectivity index (χ3v) is 7.44. The van der Waals surface area contributed by atoms with Crippen LogP contribution in [0.3, 0.4) is 0 Å². The number of carbonyl (C=O) groups excluding carboxylic acids is 4. The second-order valence-electron chi connectivity index (χ2n) is 10.2. The number of amides is 4. The molecule has 212 valence electrons. The van der Waals surface area contributed by atoms with Gasteiger partial charge in [0.05, 0.1) is 19.7 Å². The fourth-order valence-corrected chi connectivity index (χ4v) is 5.16. The van der Waals surface area contributed by atoms with Crippen LogP contribution in [0.5, 0.6) is 17.2 Å². The standard InChI is InChI=1S/C29H34N4O7/c1-38-23-10-7-20-14-24(23)39-18-26(34)30-15-19-5-8-21(9-6-19)40-25-17-33(16-22(25)31-29(20)37)28(36)11-13-32-12-3-2-4-27(32)35/h5-10,14,22,25H,2-4,11-13,15-18H2,1H3,(H,30,34)(H,31,37)/t22-,25-/m0/s1. The second-order valence-corrected chi connectivity index (χ2v) is 10.2. The SMILES string of the molecule is COc1ccc2cc1OCC(=O)NCc1ccc(cc1)O[C@H]1CN(C(=O)CCN3CCCCC3=O)C[C@@H]1NC2=O. The predicted molar refractivity (Wildman–Crippen MR) is 144 cm³/mol. The molecule has 0 aromatic heterocycles. The summed E-state index contributed by atoms with van der Waals surface area (Å²) in [5.41, 5.74) is 1.20. The molecule has 2 aromatic rings. The normalized spacial score (nSPS) is 21.5. The van der Waals surface area contributed by atoms with Crippen LogP contribution in [0.15, 0.2) is 42.5 Å². The first-order chi connectivity index (χ1) is 19.4. The Morgan fingerprint density at radius 2 is 1.90 bits per heavy atom. The van der Waals surface area contributed by atoms with Crippen molar-refractivity contribution < 1.29 is 33.4 Å². The lowest BCUT2D eigenvalue weighted by molar-refractivity contribution is -0.135. The number of methoxy groups -OCH3 is 1. The number of nitrogens with one attached hydrogen (secondary N) is 2. The van der Waals surface area contributed by atoms with E-state index in [4.69, 9.17) is 14.2 Å². The molecule has 11 nitrogen and oxygen atoms in total. The van der Waals surface area contributed by atoms with Crippen molar-refractivity contribution in [3.63, 3.8) is 0 Å². The summed E-state index contributed by atoms with van der Waals surface area (Å²) in [7, 11) is 1.48. The number of carbonyl (C=O) groups is 4. The van der Waals surface area contributed by atoms with Crippen LogP contribution < -0.4 is 24.8 Å². The molecule has 0 spiro atoms. The highest BCUT2D eigenvalue weighted by atomic mass is 16.5. The molecule has 2 atom stereocenters. The zero-order chi connectivity index (χ0) is 28.1. The minimum atomic E-state index is -0.486. The number of benzene rings is 2. The van der Waals surface area contributed by atoms with E-state index in [0.29, 0.717) is 49.7 Å². The zero-order valence-corrected chi connectivity index (χ0v) is 22.5. The van der Waals surface area contributed by atoms with Crippen molar-refractivity contribution in [2.24, 2.45) is 0 Å². The Hall–Kier alpha value is -4.28. The van der Waals surface area contributed by atoms with Crippen LogP contribution >= 0.6 is 0 Å². The van der Waals surface area contributed by atoms with E-state index < -0.39 is 12.1 Å². The molecule has 40 heavy (non-hydrogen) atoms. The number of rotatable bonds is 4. The third kappa shape index (κ3) is 6.47. The van der Waals surface area contributed by atoms with E-state index in [1.165, 1.54) is 13.2 Å². The molecule has 0 aliphatic carbocycles. The maximum Gasteiger partial charge on any atom is 0.258 e. The summed E-state index contributed by atoms with van der Waals surface area (Å²) in [6, 6.07) is 11.6. The molecular formula is C29H34N4O7. The molecule has 0 unspecified atom stereocenters. The molecule has 6 rings (SSSR count). The second kappa shape index (κ2) is 12.3. The maximum atomic E-state index is 13.3. The first-order valence-electron chi connectivity index (χ1n) is 13.6. The highest BCUT2D eigenvalue weighted by Crippen LogP contribution is 2.29. The van der Waals surface area contributed by atoms with Crippen LogP contribution in [0.1, 0.15) is 41.6 Å². The van der Waals surface area contributed by atoms with Gasteiger partial charge >= 0.3 is 0 Å². The summed E-state index contributed by atoms with van der Waals surface area (Å²) in [6.07, 6.45) is 2.12. The van der Waals surface area contributed by atoms with Gasteiger partial charge in [0.2, 0.25) is 11.8 Å². The van der Waals surface area contributed by atoms with E-state index in [0.717, 1.165) is 18.4 Å². The molecule has 4 amide bonds. The van der Waals surface area contributed by atoms with Gasteiger partial charge in [-0.05, 0) is 48.7 Å². The van der Waals surface area contributed by atoms with Crippen molar-refractivity contribution in [3.8, 4) is 17.2 Å². The number of hydrogen-bond acceptors (Lipinski definition) is 7. The van der Waals surface area contributed by atoms with E-state index >= 15 is 0 Å². The number of nitrogens with zero attached hydrogens (tertiary/aromatic N) is 2. The van der Waals surface area contributed by atoms with E-state index in [2.05, 4.69) is 10.6 Å². The molecule has 0 saturated carbocycles. The van der Waals surface area contributed by atoms with Gasteiger partial charge in [0.1, 0.15) is 11.9 Å². The van der Waals surface area contributed by atoms with Gasteiger partial charge < -0.3 is 34.6 Å². The van der Waals surface area contributed by atoms with Crippen molar-refractivity contribution in [1.82, 2.24) is 20.4 Å². The molecule has 2 aromatic carbocycles. The first-order valence-corrected chi connectivity index (χ1v) is 13.6. The number of hydrogen-bond donors (Lipinski definition) is 2. The Morgan fingerprint density at radius 1 is 1.07 bits per heavy atom. The number of piperidine rings is 1. The molecule has 4 aliphatic heterocycles. The molecule has 2 saturated heterocycles. The van der Waals surface area contributed by atoms with Gasteiger partial charge in [0, 0.05) is 44.6 Å². The van der Waals surface area contributed by atoms with Gasteiger partial charge in [0.15, 0.2) is 18.1 Å². The number of fused-ring (bicyclic) bond motifs is 7.